The first-order valence-electron chi connectivity index (χ1n) is 8.50. The highest BCUT2D eigenvalue weighted by atomic mass is 19.1. The second-order valence-corrected chi connectivity index (χ2v) is 6.25. The number of rotatable bonds is 6. The van der Waals surface area contributed by atoms with Gasteiger partial charge in [0, 0.05) is 12.8 Å². The maximum atomic E-state index is 14.0. The van der Waals surface area contributed by atoms with Crippen molar-refractivity contribution in [1.82, 2.24) is 9.55 Å². The zero-order valence-corrected chi connectivity index (χ0v) is 14.4. The summed E-state index contributed by atoms with van der Waals surface area (Å²) in [5.74, 6) is -0.452. The van der Waals surface area contributed by atoms with E-state index < -0.39 is 17.1 Å². The molecule has 5 nitrogen and oxygen atoms in total. The number of benzene rings is 2. The van der Waals surface area contributed by atoms with Crippen LogP contribution < -0.4 is 11.2 Å². The van der Waals surface area contributed by atoms with Crippen LogP contribution in [-0.4, -0.2) is 15.3 Å². The fraction of sp³-hybridized carbons (Fsp3) is 0.250. The largest absolute Gasteiger partial charge is 0.329 e. The molecule has 26 heavy (non-hydrogen) atoms. The Morgan fingerprint density at radius 3 is 2.69 bits per heavy atom. The highest BCUT2D eigenvalue weighted by molar-refractivity contribution is 5.81. The maximum absolute atomic E-state index is 14.0. The van der Waals surface area contributed by atoms with Crippen molar-refractivity contribution in [2.75, 3.05) is 0 Å². The highest BCUT2D eigenvalue weighted by Gasteiger charge is 2.11. The van der Waals surface area contributed by atoms with Gasteiger partial charge < -0.3 is 0 Å². The number of nitrogens with one attached hydrogen (secondary N) is 1. The summed E-state index contributed by atoms with van der Waals surface area (Å²) < 4.78 is 15.5. The summed E-state index contributed by atoms with van der Waals surface area (Å²) in [7, 11) is 0. The number of carbonyl (C=O) groups is 1. The van der Waals surface area contributed by atoms with Crippen molar-refractivity contribution < 1.29 is 9.18 Å². The molecule has 0 aliphatic heterocycles. The molecule has 6 heteroatoms. The van der Waals surface area contributed by atoms with Crippen LogP contribution in [0.3, 0.4) is 0 Å². The minimum atomic E-state index is -0.526. The summed E-state index contributed by atoms with van der Waals surface area (Å²) in [5.41, 5.74) is 0.551. The van der Waals surface area contributed by atoms with Gasteiger partial charge in [-0.25, -0.2) is 9.18 Å². The number of Topliss-reactive ketones (excluding diaryl/α,β-unsaturated/α-hetero) is 1. The molecular weight excluding hydrogens is 335 g/mol. The van der Waals surface area contributed by atoms with Gasteiger partial charge in [-0.05, 0) is 35.7 Å². The van der Waals surface area contributed by atoms with Crippen molar-refractivity contribution in [3.05, 3.63) is 80.2 Å². The Labute approximate surface area is 149 Å². The lowest BCUT2D eigenvalue weighted by molar-refractivity contribution is -0.118. The Kier molecular flexibility index (Phi) is 5.11. The van der Waals surface area contributed by atoms with Gasteiger partial charge in [0.1, 0.15) is 11.6 Å². The van der Waals surface area contributed by atoms with Crippen LogP contribution in [-0.2, 0) is 17.8 Å². The highest BCUT2D eigenvalue weighted by Crippen LogP contribution is 2.15. The lowest BCUT2D eigenvalue weighted by atomic mass is 10.0. The molecule has 0 bridgehead atoms. The van der Waals surface area contributed by atoms with Gasteiger partial charge in [0.15, 0.2) is 0 Å². The maximum Gasteiger partial charge on any atom is 0.329 e. The first-order chi connectivity index (χ1) is 12.5. The molecule has 0 amide bonds. The molecule has 3 aromatic rings. The molecule has 0 spiro atoms. The van der Waals surface area contributed by atoms with Crippen molar-refractivity contribution in [3.63, 3.8) is 0 Å². The molecule has 0 atom stereocenters. The van der Waals surface area contributed by atoms with Gasteiger partial charge in [-0.3, -0.25) is 19.1 Å². The SMILES string of the molecule is CCCC(=O)Cc1cc(Cn2c(=O)[nH]c(=O)c3ccccc32)ccc1F. The van der Waals surface area contributed by atoms with E-state index in [-0.39, 0.29) is 18.7 Å². The Morgan fingerprint density at radius 1 is 1.15 bits per heavy atom. The Hall–Kier alpha value is -3.02. The van der Waals surface area contributed by atoms with E-state index in [9.17, 15) is 18.8 Å². The van der Waals surface area contributed by atoms with Crippen molar-refractivity contribution in [3.8, 4) is 0 Å². The Balaban J connectivity index is 2.00. The van der Waals surface area contributed by atoms with Gasteiger partial charge in [0.2, 0.25) is 0 Å². The Bertz CT molecular complexity index is 1080. The number of halogens is 1. The van der Waals surface area contributed by atoms with E-state index in [4.69, 9.17) is 0 Å². The number of H-pyrrole nitrogens is 1. The number of aromatic amines is 1. The van der Waals surface area contributed by atoms with Gasteiger partial charge in [-0.15, -0.1) is 0 Å². The van der Waals surface area contributed by atoms with Crippen LogP contribution >= 0.6 is 0 Å². The minimum absolute atomic E-state index is 0.0183. The summed E-state index contributed by atoms with van der Waals surface area (Å²) >= 11 is 0. The zero-order valence-electron chi connectivity index (χ0n) is 14.4. The number of aromatic nitrogens is 2. The first-order valence-corrected chi connectivity index (χ1v) is 8.50. The predicted octanol–water partition coefficient (Wildman–Crippen LogP) is 2.79. The summed E-state index contributed by atoms with van der Waals surface area (Å²) in [6, 6.07) is 11.3. The average molecular weight is 354 g/mol. The van der Waals surface area contributed by atoms with Crippen LogP contribution in [0.4, 0.5) is 4.39 Å². The molecule has 1 N–H and O–H groups in total. The van der Waals surface area contributed by atoms with Crippen LogP contribution in [0.15, 0.2) is 52.1 Å². The lowest BCUT2D eigenvalue weighted by Crippen LogP contribution is -2.30. The third-order valence-corrected chi connectivity index (χ3v) is 4.27. The first kappa shape index (κ1) is 17.8. The molecule has 0 fully saturated rings. The van der Waals surface area contributed by atoms with Crippen molar-refractivity contribution >= 4 is 16.7 Å². The standard InChI is InChI=1S/C20H19FN2O3/c1-2-5-15(24)11-14-10-13(8-9-17(14)21)12-23-18-7-4-3-6-16(18)19(25)22-20(23)26/h3-4,6-10H,2,5,11-12H2,1H3,(H,22,25,26). The third-order valence-electron chi connectivity index (χ3n) is 4.27. The molecule has 3 rings (SSSR count). The fourth-order valence-corrected chi connectivity index (χ4v) is 3.02. The van der Waals surface area contributed by atoms with Crippen molar-refractivity contribution in [2.24, 2.45) is 0 Å². The van der Waals surface area contributed by atoms with E-state index in [1.807, 2.05) is 6.92 Å². The number of fused-ring (bicyclic) bond motifs is 1. The number of ketones is 1. The number of nitrogens with zero attached hydrogens (tertiary/aromatic N) is 1. The monoisotopic (exact) mass is 354 g/mol. The molecule has 0 saturated carbocycles. The normalized spacial score (nSPS) is 11.0. The quantitative estimate of drug-likeness (QED) is 0.740. The molecule has 134 valence electrons. The molecule has 0 radical (unpaired) electrons. The number of para-hydroxylation sites is 1. The molecule has 0 saturated heterocycles. The van der Waals surface area contributed by atoms with E-state index in [1.54, 1.807) is 36.4 Å². The van der Waals surface area contributed by atoms with Gasteiger partial charge in [-0.1, -0.05) is 31.2 Å². The number of hydrogen-bond acceptors (Lipinski definition) is 3. The lowest BCUT2D eigenvalue weighted by Gasteiger charge is -2.11. The second-order valence-electron chi connectivity index (χ2n) is 6.25. The smallest absolute Gasteiger partial charge is 0.299 e. The molecule has 0 aliphatic rings. The van der Waals surface area contributed by atoms with E-state index in [2.05, 4.69) is 4.98 Å². The van der Waals surface area contributed by atoms with Gasteiger partial charge in [-0.2, -0.15) is 0 Å². The van der Waals surface area contributed by atoms with E-state index in [0.29, 0.717) is 28.5 Å². The van der Waals surface area contributed by atoms with Crippen molar-refractivity contribution in [1.29, 1.82) is 0 Å². The summed E-state index contributed by atoms with van der Waals surface area (Å²) in [4.78, 5) is 38.3. The van der Waals surface area contributed by atoms with Crippen molar-refractivity contribution in [2.45, 2.75) is 32.7 Å². The van der Waals surface area contributed by atoms with Crippen LogP contribution in [0.1, 0.15) is 30.9 Å². The van der Waals surface area contributed by atoms with E-state index >= 15 is 0 Å². The number of hydrogen-bond donors (Lipinski definition) is 1. The third kappa shape index (κ3) is 3.64. The van der Waals surface area contributed by atoms with Gasteiger partial charge >= 0.3 is 5.69 Å². The zero-order chi connectivity index (χ0) is 18.7. The molecule has 0 unspecified atom stereocenters. The van der Waals surface area contributed by atoms with Crippen LogP contribution in [0.2, 0.25) is 0 Å². The van der Waals surface area contributed by atoms with E-state index in [1.165, 1.54) is 10.6 Å². The van der Waals surface area contributed by atoms with Gasteiger partial charge in [0.25, 0.3) is 5.56 Å². The molecule has 1 aromatic heterocycles. The summed E-state index contributed by atoms with van der Waals surface area (Å²) in [6.45, 7) is 2.07. The summed E-state index contributed by atoms with van der Waals surface area (Å²) in [5, 5.41) is 0.410. The predicted molar refractivity (Wildman–Crippen MR) is 97.9 cm³/mol. The van der Waals surface area contributed by atoms with E-state index in [0.717, 1.165) is 6.42 Å². The molecule has 0 aliphatic carbocycles. The minimum Gasteiger partial charge on any atom is -0.299 e. The number of carbonyl (C=O) groups excluding carboxylic acids is 1. The van der Waals surface area contributed by atoms with Crippen LogP contribution in [0.5, 0.6) is 0 Å². The van der Waals surface area contributed by atoms with Crippen LogP contribution in [0, 0.1) is 5.82 Å². The topological polar surface area (TPSA) is 71.9 Å². The molecular formula is C20H19FN2O3. The van der Waals surface area contributed by atoms with Crippen LogP contribution in [0.25, 0.3) is 10.9 Å². The second kappa shape index (κ2) is 7.47. The average Bonchev–Trinajstić information content (AvgIpc) is 2.61. The van der Waals surface area contributed by atoms with Gasteiger partial charge in [0.05, 0.1) is 17.4 Å². The Morgan fingerprint density at radius 2 is 1.92 bits per heavy atom. The molecule has 1 heterocycles. The fourth-order valence-electron chi connectivity index (χ4n) is 3.02. The summed E-state index contributed by atoms with van der Waals surface area (Å²) in [6.07, 6.45) is 1.17. The molecule has 2 aromatic carbocycles.